The minimum Gasteiger partial charge on any atom is -0.550 e. The number of aliphatic hydroxyl groups is 1. The fraction of sp³-hybridized carbons (Fsp3) is 0.286. The number of nitrogens with zero attached hydrogens (tertiary/aromatic N) is 1. The largest absolute Gasteiger partial charge is 1.00 e. The summed E-state index contributed by atoms with van der Waals surface area (Å²) in [5.74, 6) is -1.81. The van der Waals surface area contributed by atoms with Gasteiger partial charge in [-0.2, -0.15) is 0 Å². The van der Waals surface area contributed by atoms with Gasteiger partial charge in [0.25, 0.3) is 5.91 Å². The molecule has 0 fully saturated rings. The molecule has 1 amide bonds. The fourth-order valence-corrected chi connectivity index (χ4v) is 2.34. The van der Waals surface area contributed by atoms with Gasteiger partial charge in [0.05, 0.1) is 18.2 Å². The quantitative estimate of drug-likeness (QED) is 0.566. The van der Waals surface area contributed by atoms with Gasteiger partial charge in [-0.1, -0.05) is 11.6 Å². The van der Waals surface area contributed by atoms with E-state index < -0.39 is 30.9 Å². The molecule has 0 aliphatic heterocycles. The van der Waals surface area contributed by atoms with Crippen molar-refractivity contribution in [2.45, 2.75) is 12.5 Å². The molecule has 2 aromatic rings. The second-order valence-corrected chi connectivity index (χ2v) is 5.18. The van der Waals surface area contributed by atoms with E-state index in [-0.39, 0.29) is 51.4 Å². The Bertz CT molecular complexity index is 701. The minimum atomic E-state index is -1.34. The molecule has 0 radical (unpaired) electrons. The number of aromatic nitrogens is 1. The fourth-order valence-electron chi connectivity index (χ4n) is 2.17. The molecule has 0 saturated carbocycles. The SMILES string of the molecule is Cn1cc(C(=O)N[C@H](CO)CC(=O)[O-])c2cc(Cl)ccc21.[K+]. The third-order valence-electron chi connectivity index (χ3n) is 3.16. The average molecular weight is 349 g/mol. The zero-order chi connectivity index (χ0) is 15.6. The zero-order valence-electron chi connectivity index (χ0n) is 12.3. The summed E-state index contributed by atoms with van der Waals surface area (Å²) in [6.45, 7) is -0.481. The maximum absolute atomic E-state index is 12.2. The van der Waals surface area contributed by atoms with Crippen molar-refractivity contribution >= 4 is 34.4 Å². The molecule has 112 valence electrons. The predicted molar refractivity (Wildman–Crippen MR) is 75.9 cm³/mol. The Morgan fingerprint density at radius 2 is 2.14 bits per heavy atom. The Hall–Kier alpha value is -0.414. The molecule has 2 N–H and O–H groups in total. The number of carbonyl (C=O) groups excluding carboxylic acids is 2. The van der Waals surface area contributed by atoms with Crippen LogP contribution in [0.4, 0.5) is 0 Å². The minimum absolute atomic E-state index is 0. The second-order valence-electron chi connectivity index (χ2n) is 4.74. The van der Waals surface area contributed by atoms with E-state index in [2.05, 4.69) is 5.32 Å². The summed E-state index contributed by atoms with van der Waals surface area (Å²) in [6, 6.07) is 4.28. The summed E-state index contributed by atoms with van der Waals surface area (Å²) in [5, 5.41) is 23.3. The zero-order valence-corrected chi connectivity index (χ0v) is 16.2. The van der Waals surface area contributed by atoms with Gasteiger partial charge in [0.15, 0.2) is 0 Å². The maximum atomic E-state index is 12.2. The number of rotatable bonds is 5. The normalized spacial score (nSPS) is 11.8. The van der Waals surface area contributed by atoms with Crippen molar-refractivity contribution in [1.29, 1.82) is 0 Å². The summed E-state index contributed by atoms with van der Waals surface area (Å²) in [6.07, 6.45) is 1.18. The monoisotopic (exact) mass is 348 g/mol. The van der Waals surface area contributed by atoms with Crippen LogP contribution in [-0.4, -0.2) is 34.2 Å². The molecule has 8 heteroatoms. The molecule has 22 heavy (non-hydrogen) atoms. The van der Waals surface area contributed by atoms with Gasteiger partial charge in [-0.3, -0.25) is 4.79 Å². The Labute approximate surface area is 174 Å². The first kappa shape index (κ1) is 19.6. The Kier molecular flexibility index (Phi) is 7.53. The van der Waals surface area contributed by atoms with Crippen LogP contribution >= 0.6 is 11.6 Å². The van der Waals surface area contributed by atoms with Gasteiger partial charge in [0, 0.05) is 41.6 Å². The van der Waals surface area contributed by atoms with Gasteiger partial charge in [-0.25, -0.2) is 0 Å². The van der Waals surface area contributed by atoms with E-state index in [0.717, 1.165) is 5.52 Å². The number of aliphatic hydroxyl groups excluding tert-OH is 1. The van der Waals surface area contributed by atoms with Crippen LogP contribution in [-0.2, 0) is 11.8 Å². The van der Waals surface area contributed by atoms with E-state index in [4.69, 9.17) is 16.7 Å². The predicted octanol–water partition coefficient (Wildman–Crippen LogP) is -2.93. The van der Waals surface area contributed by atoms with Crippen LogP contribution in [0.2, 0.25) is 5.02 Å². The molecule has 0 saturated heterocycles. The van der Waals surface area contributed by atoms with Crippen molar-refractivity contribution in [3.05, 3.63) is 35.0 Å². The van der Waals surface area contributed by atoms with E-state index in [1.54, 1.807) is 36.0 Å². The van der Waals surface area contributed by atoms with E-state index in [0.29, 0.717) is 16.0 Å². The molecule has 2 rings (SSSR count). The molecule has 0 bridgehead atoms. The van der Waals surface area contributed by atoms with Gasteiger partial charge in [0.2, 0.25) is 0 Å². The molecule has 1 heterocycles. The summed E-state index contributed by atoms with van der Waals surface area (Å²) < 4.78 is 1.77. The number of aryl methyl sites for hydroxylation is 1. The van der Waals surface area contributed by atoms with E-state index in [1.165, 1.54) is 0 Å². The van der Waals surface area contributed by atoms with Gasteiger partial charge in [-0.05, 0) is 18.2 Å². The molecule has 1 aromatic carbocycles. The number of carboxylic acids is 1. The molecule has 6 nitrogen and oxygen atoms in total. The van der Waals surface area contributed by atoms with Crippen LogP contribution in [0.1, 0.15) is 16.8 Å². The van der Waals surface area contributed by atoms with Gasteiger partial charge >= 0.3 is 51.4 Å². The Morgan fingerprint density at radius 3 is 2.73 bits per heavy atom. The average Bonchev–Trinajstić information content (AvgIpc) is 2.74. The van der Waals surface area contributed by atoms with Gasteiger partial charge in [0.1, 0.15) is 0 Å². The van der Waals surface area contributed by atoms with Crippen LogP contribution in [0.5, 0.6) is 0 Å². The number of halogens is 1. The summed E-state index contributed by atoms with van der Waals surface area (Å²) in [5.41, 5.74) is 1.19. The molecule has 1 atom stereocenters. The number of carbonyl (C=O) groups is 2. The molecule has 1 aromatic heterocycles. The number of fused-ring (bicyclic) bond motifs is 1. The van der Waals surface area contributed by atoms with Gasteiger partial charge < -0.3 is 24.9 Å². The van der Waals surface area contributed by atoms with Crippen LogP contribution in [0.3, 0.4) is 0 Å². The number of aliphatic carboxylic acids is 1. The number of carboxylic acid groups (broad SMARTS) is 1. The molecule has 0 aliphatic carbocycles. The number of hydrogen-bond donors (Lipinski definition) is 2. The molecule has 0 aliphatic rings. The van der Waals surface area contributed by atoms with Crippen LogP contribution in [0.15, 0.2) is 24.4 Å². The van der Waals surface area contributed by atoms with Crippen LogP contribution in [0, 0.1) is 0 Å². The van der Waals surface area contributed by atoms with E-state index in [9.17, 15) is 14.7 Å². The Morgan fingerprint density at radius 1 is 1.45 bits per heavy atom. The smallest absolute Gasteiger partial charge is 0.550 e. The van der Waals surface area contributed by atoms with Crippen LogP contribution < -0.4 is 61.8 Å². The number of nitrogens with one attached hydrogen (secondary N) is 1. The van der Waals surface area contributed by atoms with E-state index in [1.807, 2.05) is 0 Å². The third kappa shape index (κ3) is 4.54. The second kappa shape index (κ2) is 8.44. The van der Waals surface area contributed by atoms with Gasteiger partial charge in [-0.15, -0.1) is 0 Å². The standard InChI is InChI=1S/C14H15ClN2O4.K/c1-17-6-11(10-4-8(15)2-3-12(10)17)14(21)16-9(7-18)5-13(19)20;/h2-4,6,9,18H,5,7H2,1H3,(H,16,21)(H,19,20);/q;+1/p-1/t9-;/m0./s1. The maximum Gasteiger partial charge on any atom is 1.00 e. The first-order valence-electron chi connectivity index (χ1n) is 6.28. The molecular weight excluding hydrogens is 335 g/mol. The van der Waals surface area contributed by atoms with Crippen molar-refractivity contribution in [2.24, 2.45) is 7.05 Å². The first-order valence-corrected chi connectivity index (χ1v) is 6.66. The molecule has 0 unspecified atom stereocenters. The van der Waals surface area contributed by atoms with Crippen LogP contribution in [0.25, 0.3) is 10.9 Å². The molecular formula is C14H14ClKN2O4. The molecule has 0 spiro atoms. The van der Waals surface area contributed by atoms with Crippen molar-refractivity contribution in [3.63, 3.8) is 0 Å². The summed E-state index contributed by atoms with van der Waals surface area (Å²) in [4.78, 5) is 22.8. The Balaban J connectivity index is 0.00000242. The summed E-state index contributed by atoms with van der Waals surface area (Å²) >= 11 is 5.94. The van der Waals surface area contributed by atoms with Crippen molar-refractivity contribution in [1.82, 2.24) is 9.88 Å². The van der Waals surface area contributed by atoms with Crippen molar-refractivity contribution in [2.75, 3.05) is 6.61 Å². The first-order chi connectivity index (χ1) is 9.92. The third-order valence-corrected chi connectivity index (χ3v) is 3.40. The van der Waals surface area contributed by atoms with E-state index >= 15 is 0 Å². The number of amides is 1. The topological polar surface area (TPSA) is 94.4 Å². The number of hydrogen-bond acceptors (Lipinski definition) is 4. The van der Waals surface area contributed by atoms with Crippen molar-refractivity contribution in [3.8, 4) is 0 Å². The van der Waals surface area contributed by atoms with Crippen molar-refractivity contribution < 1.29 is 71.2 Å². The summed E-state index contributed by atoms with van der Waals surface area (Å²) in [7, 11) is 1.79. The number of benzene rings is 1.